The number of fused-ring (bicyclic) bond motifs is 8. The lowest BCUT2D eigenvalue weighted by Crippen LogP contribution is -2.63. The number of nitrogens with zero attached hydrogens (tertiary/aromatic N) is 2. The molecule has 2 aliphatic heterocycles. The largest absolute Gasteiger partial charge is 0.339 e. The first-order chi connectivity index (χ1) is 25.9. The molecule has 5 aromatic rings. The Morgan fingerprint density at radius 1 is 0.625 bits per heavy atom. The highest BCUT2D eigenvalue weighted by Crippen LogP contribution is 2.68. The Morgan fingerprint density at radius 2 is 1.20 bits per heavy atom. The topological polar surface area (TPSA) is 6.48 Å². The summed E-state index contributed by atoms with van der Waals surface area (Å²) in [4.78, 5) is 5.60. The van der Waals surface area contributed by atoms with Crippen molar-refractivity contribution in [1.82, 2.24) is 0 Å². The number of anilines is 5. The van der Waals surface area contributed by atoms with Gasteiger partial charge in [0.2, 0.25) is 0 Å². The van der Waals surface area contributed by atoms with Crippen molar-refractivity contribution in [3.63, 3.8) is 0 Å². The second kappa shape index (κ2) is 11.8. The molecule has 3 atom stereocenters. The summed E-state index contributed by atoms with van der Waals surface area (Å²) in [6.45, 7) is 36.3. The van der Waals surface area contributed by atoms with Crippen LogP contribution in [-0.2, 0) is 21.7 Å². The summed E-state index contributed by atoms with van der Waals surface area (Å²) < 4.78 is 2.86. The number of hydrogen-bond donors (Lipinski definition) is 0. The number of thiophene rings is 1. The molecular weight excluding hydrogens is 695 g/mol. The Bertz CT molecular complexity index is 2400. The van der Waals surface area contributed by atoms with E-state index >= 15 is 0 Å². The van der Waals surface area contributed by atoms with E-state index in [1.165, 1.54) is 95.7 Å². The zero-order chi connectivity index (χ0) is 40.3. The van der Waals surface area contributed by atoms with E-state index in [0.29, 0.717) is 11.5 Å². The van der Waals surface area contributed by atoms with Gasteiger partial charge in [0.25, 0.3) is 6.71 Å². The van der Waals surface area contributed by atoms with Crippen LogP contribution in [0.1, 0.15) is 145 Å². The summed E-state index contributed by atoms with van der Waals surface area (Å²) in [6.07, 6.45) is 3.91. The molecule has 3 unspecified atom stereocenters. The molecule has 4 aromatic carbocycles. The van der Waals surface area contributed by atoms with Crippen LogP contribution in [-0.4, -0.2) is 12.8 Å². The molecule has 2 nitrogen and oxygen atoms in total. The first-order valence-electron chi connectivity index (χ1n) is 21.5. The molecule has 0 radical (unpaired) electrons. The number of hydrogen-bond acceptors (Lipinski definition) is 3. The quantitative estimate of drug-likeness (QED) is 0.162. The highest BCUT2D eigenvalue weighted by molar-refractivity contribution is 7.33. The first-order valence-corrected chi connectivity index (χ1v) is 22.3. The molecule has 0 spiro atoms. The monoisotopic (exact) mass is 760 g/mol. The van der Waals surface area contributed by atoms with E-state index in [9.17, 15) is 0 Å². The Morgan fingerprint density at radius 3 is 1.77 bits per heavy atom. The fourth-order valence-corrected chi connectivity index (χ4v) is 12.4. The van der Waals surface area contributed by atoms with Gasteiger partial charge in [-0.15, -0.1) is 11.3 Å². The van der Waals surface area contributed by atoms with Gasteiger partial charge in [-0.1, -0.05) is 134 Å². The van der Waals surface area contributed by atoms with Gasteiger partial charge in [0, 0.05) is 43.7 Å². The fraction of sp³-hybridized carbons (Fsp3) is 0.500. The van der Waals surface area contributed by atoms with Crippen LogP contribution in [0.5, 0.6) is 0 Å². The van der Waals surface area contributed by atoms with E-state index in [0.717, 1.165) is 5.92 Å². The van der Waals surface area contributed by atoms with Crippen LogP contribution in [0.15, 0.2) is 72.8 Å². The van der Waals surface area contributed by atoms with Gasteiger partial charge in [-0.25, -0.2) is 0 Å². The summed E-state index contributed by atoms with van der Waals surface area (Å²) in [5, 5.41) is 1.38. The van der Waals surface area contributed by atoms with Crippen LogP contribution in [0.3, 0.4) is 0 Å². The average Bonchev–Trinajstić information content (AvgIpc) is 3.65. The van der Waals surface area contributed by atoms with E-state index < -0.39 is 0 Å². The van der Waals surface area contributed by atoms with Gasteiger partial charge in [-0.05, 0) is 133 Å². The third-order valence-electron chi connectivity index (χ3n) is 15.3. The molecule has 0 amide bonds. The lowest BCUT2D eigenvalue weighted by Gasteiger charge is -2.51. The Kier molecular flexibility index (Phi) is 8.02. The summed E-state index contributed by atoms with van der Waals surface area (Å²) in [5.41, 5.74) is 16.1. The van der Waals surface area contributed by atoms with Crippen molar-refractivity contribution in [2.75, 3.05) is 9.80 Å². The Hall–Kier alpha value is -3.50. The van der Waals surface area contributed by atoms with Gasteiger partial charge in [-0.2, -0.15) is 0 Å². The predicted octanol–water partition coefficient (Wildman–Crippen LogP) is 13.1. The minimum atomic E-state index is -0.0287. The van der Waals surface area contributed by atoms with Crippen LogP contribution < -0.4 is 25.5 Å². The van der Waals surface area contributed by atoms with Crippen molar-refractivity contribution in [3.05, 3.63) is 95.1 Å². The fourth-order valence-electron chi connectivity index (χ4n) is 11.1. The third kappa shape index (κ3) is 5.39. The van der Waals surface area contributed by atoms with Gasteiger partial charge in [0.1, 0.15) is 0 Å². The molecule has 2 bridgehead atoms. The minimum Gasteiger partial charge on any atom is -0.339 e. The summed E-state index contributed by atoms with van der Waals surface area (Å²) >= 11 is 2.03. The normalized spacial score (nSPS) is 22.8. The van der Waals surface area contributed by atoms with Crippen molar-refractivity contribution in [1.29, 1.82) is 0 Å². The maximum absolute atomic E-state index is 2.91. The molecule has 4 aliphatic rings. The van der Waals surface area contributed by atoms with Crippen molar-refractivity contribution >= 4 is 72.3 Å². The molecule has 2 fully saturated rings. The van der Waals surface area contributed by atoms with Crippen LogP contribution in [0, 0.1) is 16.7 Å². The standard InChI is InChI=1S/C52H65BN2S/c1-47(2,3)31-16-20-36(21-17-31)54-40-28-35(50(10,11)12)29-41-44(40)53(46-45(54)37-26-32(48(4,5)6)19-23-42(37)56-46)38-27-33(49(7,8)9)18-22-39(38)55(41)43-30-34-24-25-52(43,15)51(34,13)14/h16-23,26-29,34,43H,24-25,30H2,1-15H3. The average molecular weight is 761 g/mol. The Balaban J connectivity index is 1.42. The molecule has 4 heteroatoms. The molecule has 292 valence electrons. The van der Waals surface area contributed by atoms with Gasteiger partial charge in [0.15, 0.2) is 0 Å². The molecule has 2 saturated carbocycles. The molecule has 1 aromatic heterocycles. The maximum atomic E-state index is 2.91. The van der Waals surface area contributed by atoms with E-state index in [4.69, 9.17) is 0 Å². The zero-order valence-electron chi connectivity index (χ0n) is 37.1. The second-order valence-electron chi connectivity index (χ2n) is 23.0. The SMILES string of the molecule is CC(C)(C)c1ccc(N2c3cc(C(C)(C)C)cc4c3B(c3cc(C(C)(C)C)ccc3N4C3CC4CCC3(C)C4(C)C)c3sc4ccc(C(C)(C)C)cc4c32)cc1. The van der Waals surface area contributed by atoms with E-state index in [2.05, 4.69) is 186 Å². The predicted molar refractivity (Wildman–Crippen MR) is 248 cm³/mol. The number of rotatable bonds is 2. The molecule has 0 N–H and O–H groups in total. The molecular formula is C52H65BN2S. The molecule has 2 aliphatic carbocycles. The van der Waals surface area contributed by atoms with Gasteiger partial charge < -0.3 is 9.80 Å². The molecule has 56 heavy (non-hydrogen) atoms. The number of benzene rings is 4. The summed E-state index contributed by atoms with van der Waals surface area (Å²) in [6, 6.07) is 30.2. The zero-order valence-corrected chi connectivity index (χ0v) is 37.9. The van der Waals surface area contributed by atoms with Crippen LogP contribution >= 0.6 is 11.3 Å². The molecule has 3 heterocycles. The van der Waals surface area contributed by atoms with E-state index in [1.807, 2.05) is 11.3 Å². The van der Waals surface area contributed by atoms with Crippen molar-refractivity contribution in [2.24, 2.45) is 16.7 Å². The molecule has 0 saturated heterocycles. The molecule has 9 rings (SSSR count). The van der Waals surface area contributed by atoms with E-state index in [1.54, 1.807) is 0 Å². The Labute approximate surface area is 343 Å². The van der Waals surface area contributed by atoms with Crippen LogP contribution in [0.2, 0.25) is 0 Å². The lowest BCUT2D eigenvalue weighted by molar-refractivity contribution is 0.136. The maximum Gasteiger partial charge on any atom is 0.264 e. The van der Waals surface area contributed by atoms with Crippen LogP contribution in [0.4, 0.5) is 28.4 Å². The smallest absolute Gasteiger partial charge is 0.264 e. The minimum absolute atomic E-state index is 0.0287. The van der Waals surface area contributed by atoms with Crippen molar-refractivity contribution < 1.29 is 0 Å². The second-order valence-corrected chi connectivity index (χ2v) is 24.1. The van der Waals surface area contributed by atoms with Crippen molar-refractivity contribution in [2.45, 2.75) is 151 Å². The summed E-state index contributed by atoms with van der Waals surface area (Å²) in [7, 11) is 0. The highest BCUT2D eigenvalue weighted by atomic mass is 32.1. The van der Waals surface area contributed by atoms with Gasteiger partial charge in [-0.3, -0.25) is 0 Å². The van der Waals surface area contributed by atoms with Crippen LogP contribution in [0.25, 0.3) is 10.1 Å². The lowest BCUT2D eigenvalue weighted by atomic mass is 9.35. The first kappa shape index (κ1) is 38.0. The summed E-state index contributed by atoms with van der Waals surface area (Å²) in [5.74, 6) is 0.748. The highest BCUT2D eigenvalue weighted by Gasteiger charge is 2.64. The van der Waals surface area contributed by atoms with Crippen molar-refractivity contribution in [3.8, 4) is 0 Å². The third-order valence-corrected chi connectivity index (χ3v) is 16.6. The van der Waals surface area contributed by atoms with E-state index in [-0.39, 0.29) is 33.8 Å². The van der Waals surface area contributed by atoms with Gasteiger partial charge >= 0.3 is 0 Å². The van der Waals surface area contributed by atoms with Gasteiger partial charge in [0.05, 0.1) is 5.69 Å².